The summed E-state index contributed by atoms with van der Waals surface area (Å²) < 4.78 is 0. The Morgan fingerprint density at radius 3 is 1.60 bits per heavy atom. The van der Waals surface area contributed by atoms with E-state index in [1.54, 1.807) is 0 Å². The summed E-state index contributed by atoms with van der Waals surface area (Å²) in [6.45, 7) is 0. The fourth-order valence-corrected chi connectivity index (χ4v) is 1.58. The van der Waals surface area contributed by atoms with Gasteiger partial charge in [-0.15, -0.1) is 0 Å². The molecule has 0 radical (unpaired) electrons. The molecule has 0 aliphatic heterocycles. The number of ketones is 2. The number of rotatable bonds is 0. The monoisotopic (exact) mass is 136 g/mol. The fourth-order valence-electron chi connectivity index (χ4n) is 1.58. The van der Waals surface area contributed by atoms with Crippen LogP contribution in [0.5, 0.6) is 0 Å². The van der Waals surface area contributed by atoms with E-state index in [-0.39, 0.29) is 23.4 Å². The molecule has 0 spiro atoms. The van der Waals surface area contributed by atoms with E-state index < -0.39 is 0 Å². The molecule has 3 rings (SSSR count). The largest absolute Gasteiger partial charge is 0.299 e. The van der Waals surface area contributed by atoms with Crippen molar-refractivity contribution in [2.75, 3.05) is 0 Å². The number of hydrogen-bond acceptors (Lipinski definition) is 2. The Morgan fingerprint density at radius 2 is 1.40 bits per heavy atom. The Balaban J connectivity index is 2.36. The highest BCUT2D eigenvalue weighted by Crippen LogP contribution is 2.30. The van der Waals surface area contributed by atoms with Crippen molar-refractivity contribution in [2.24, 2.45) is 11.8 Å². The first kappa shape index (κ1) is 5.83. The molecule has 0 aromatic carbocycles. The summed E-state index contributed by atoms with van der Waals surface area (Å²) in [5.74, 6) is 0.342. The van der Waals surface area contributed by atoms with Crippen molar-refractivity contribution in [1.82, 2.24) is 0 Å². The highest BCUT2D eigenvalue weighted by atomic mass is 16.1. The molecule has 10 heavy (non-hydrogen) atoms. The van der Waals surface area contributed by atoms with Crippen LogP contribution in [-0.4, -0.2) is 11.6 Å². The van der Waals surface area contributed by atoms with Crippen LogP contribution in [-0.2, 0) is 9.59 Å². The first-order valence-electron chi connectivity index (χ1n) is 3.51. The van der Waals surface area contributed by atoms with Gasteiger partial charge < -0.3 is 0 Å². The number of allylic oxidation sites excluding steroid dienone is 2. The Bertz CT molecular complexity index is 203. The van der Waals surface area contributed by atoms with Crippen LogP contribution in [0.25, 0.3) is 0 Å². The van der Waals surface area contributed by atoms with Gasteiger partial charge in [0.05, 0.1) is 0 Å². The molecule has 3 aliphatic carbocycles. The Kier molecular flexibility index (Phi) is 1.04. The van der Waals surface area contributed by atoms with E-state index >= 15 is 0 Å². The fraction of sp³-hybridized carbons (Fsp3) is 0.500. The smallest absolute Gasteiger partial charge is 0.141 e. The zero-order valence-electron chi connectivity index (χ0n) is 5.54. The Hall–Kier alpha value is -0.920. The van der Waals surface area contributed by atoms with Gasteiger partial charge in [-0.05, 0) is 0 Å². The molecule has 0 N–H and O–H groups in total. The minimum Gasteiger partial charge on any atom is -0.299 e. The van der Waals surface area contributed by atoms with Crippen LogP contribution in [0.3, 0.4) is 0 Å². The van der Waals surface area contributed by atoms with E-state index in [9.17, 15) is 9.59 Å². The zero-order valence-corrected chi connectivity index (χ0v) is 5.54. The number of Topliss-reactive ketones (excluding diaryl/α,β-unsaturated/α-hetero) is 2. The molecule has 0 saturated heterocycles. The van der Waals surface area contributed by atoms with Gasteiger partial charge in [0, 0.05) is 24.7 Å². The van der Waals surface area contributed by atoms with Gasteiger partial charge in [-0.25, -0.2) is 0 Å². The van der Waals surface area contributed by atoms with Crippen molar-refractivity contribution in [2.45, 2.75) is 12.8 Å². The van der Waals surface area contributed by atoms with E-state index in [0.717, 1.165) is 0 Å². The third-order valence-corrected chi connectivity index (χ3v) is 2.25. The van der Waals surface area contributed by atoms with Crippen molar-refractivity contribution in [3.05, 3.63) is 12.2 Å². The second-order valence-electron chi connectivity index (χ2n) is 2.94. The molecule has 2 atom stereocenters. The van der Waals surface area contributed by atoms with Gasteiger partial charge in [0.15, 0.2) is 0 Å². The lowest BCUT2D eigenvalue weighted by Gasteiger charge is -2.27. The van der Waals surface area contributed by atoms with Gasteiger partial charge in [0.25, 0.3) is 0 Å². The maximum Gasteiger partial charge on any atom is 0.141 e. The van der Waals surface area contributed by atoms with Crippen LogP contribution in [0.4, 0.5) is 0 Å². The summed E-state index contributed by atoms with van der Waals surface area (Å²) in [6, 6.07) is 0. The molecule has 1 fully saturated rings. The number of carbonyl (C=O) groups excluding carboxylic acids is 2. The average molecular weight is 136 g/mol. The Labute approximate surface area is 58.9 Å². The molecule has 0 aromatic rings. The van der Waals surface area contributed by atoms with Gasteiger partial charge >= 0.3 is 0 Å². The van der Waals surface area contributed by atoms with Gasteiger partial charge in [0.2, 0.25) is 0 Å². The molecule has 1 saturated carbocycles. The second-order valence-corrected chi connectivity index (χ2v) is 2.94. The maximum atomic E-state index is 11.0. The standard InChI is InChI=1S/C8H8O2/c9-7-4-6-2-1-5(7)3-8(6)10/h1-2,5-6H,3-4H2/t5-,6?/m1/s1. The lowest BCUT2D eigenvalue weighted by molar-refractivity contribution is -0.134. The molecule has 3 aliphatic rings. The second kappa shape index (κ2) is 1.78. The van der Waals surface area contributed by atoms with Crippen LogP contribution in [0.1, 0.15) is 12.8 Å². The quantitative estimate of drug-likeness (QED) is 0.460. The predicted molar refractivity (Wildman–Crippen MR) is 35.4 cm³/mol. The summed E-state index contributed by atoms with van der Waals surface area (Å²) in [7, 11) is 0. The summed E-state index contributed by atoms with van der Waals surface area (Å²) in [5, 5.41) is 0. The van der Waals surface area contributed by atoms with Gasteiger partial charge in [-0.1, -0.05) is 12.2 Å². The highest BCUT2D eigenvalue weighted by molar-refractivity contribution is 5.99. The van der Waals surface area contributed by atoms with Gasteiger partial charge in [0.1, 0.15) is 11.6 Å². The normalized spacial score (nSPS) is 37.2. The lowest BCUT2D eigenvalue weighted by Crippen LogP contribution is -2.34. The number of hydrogen-bond donors (Lipinski definition) is 0. The SMILES string of the molecule is O=C1C[C@H]2C=CC1CC2=O. The number of carbonyl (C=O) groups is 2. The maximum absolute atomic E-state index is 11.0. The highest BCUT2D eigenvalue weighted by Gasteiger charge is 2.35. The molecule has 0 aromatic heterocycles. The minimum absolute atomic E-state index is 0.0718. The first-order valence-corrected chi connectivity index (χ1v) is 3.51. The van der Waals surface area contributed by atoms with E-state index in [2.05, 4.69) is 0 Å². The van der Waals surface area contributed by atoms with Crippen molar-refractivity contribution in [3.8, 4) is 0 Å². The molecule has 0 amide bonds. The van der Waals surface area contributed by atoms with Crippen LogP contribution in [0, 0.1) is 11.8 Å². The summed E-state index contributed by atoms with van der Waals surface area (Å²) in [6.07, 6.45) is 4.66. The lowest BCUT2D eigenvalue weighted by atomic mass is 9.74. The van der Waals surface area contributed by atoms with E-state index in [1.807, 2.05) is 12.2 Å². The third kappa shape index (κ3) is 0.649. The molecule has 2 heteroatoms. The first-order chi connectivity index (χ1) is 4.77. The molecule has 2 nitrogen and oxygen atoms in total. The van der Waals surface area contributed by atoms with Gasteiger partial charge in [-0.2, -0.15) is 0 Å². The van der Waals surface area contributed by atoms with Crippen molar-refractivity contribution >= 4 is 11.6 Å². The third-order valence-electron chi connectivity index (χ3n) is 2.25. The molecular weight excluding hydrogens is 128 g/mol. The van der Waals surface area contributed by atoms with Crippen molar-refractivity contribution in [1.29, 1.82) is 0 Å². The van der Waals surface area contributed by atoms with Gasteiger partial charge in [-0.3, -0.25) is 9.59 Å². The average Bonchev–Trinajstić information content (AvgIpc) is 1.91. The van der Waals surface area contributed by atoms with Crippen LogP contribution in [0.2, 0.25) is 0 Å². The molecule has 0 heterocycles. The van der Waals surface area contributed by atoms with Crippen molar-refractivity contribution in [3.63, 3.8) is 0 Å². The van der Waals surface area contributed by atoms with Crippen LogP contribution >= 0.6 is 0 Å². The minimum atomic E-state index is -0.0718. The summed E-state index contributed by atoms with van der Waals surface area (Å²) in [5.41, 5.74) is 0. The number of fused-ring (bicyclic) bond motifs is 2. The Morgan fingerprint density at radius 1 is 1.00 bits per heavy atom. The van der Waals surface area contributed by atoms with E-state index in [0.29, 0.717) is 12.8 Å². The van der Waals surface area contributed by atoms with Crippen LogP contribution in [0.15, 0.2) is 12.2 Å². The summed E-state index contributed by atoms with van der Waals surface area (Å²) >= 11 is 0. The predicted octanol–water partition coefficient (Wildman–Crippen LogP) is 0.721. The molecular formula is C8H8O2. The van der Waals surface area contributed by atoms with Crippen LogP contribution < -0.4 is 0 Å². The van der Waals surface area contributed by atoms with E-state index in [4.69, 9.17) is 0 Å². The molecule has 2 bridgehead atoms. The zero-order chi connectivity index (χ0) is 7.14. The summed E-state index contributed by atoms with van der Waals surface area (Å²) in [4.78, 5) is 22.0. The van der Waals surface area contributed by atoms with E-state index in [1.165, 1.54) is 0 Å². The molecule has 52 valence electrons. The van der Waals surface area contributed by atoms with Crippen molar-refractivity contribution < 1.29 is 9.59 Å². The molecule has 1 unspecified atom stereocenters. The topological polar surface area (TPSA) is 34.1 Å².